The van der Waals surface area contributed by atoms with Gasteiger partial charge in [-0.3, -0.25) is 0 Å². The van der Waals surface area contributed by atoms with Gasteiger partial charge in [0.2, 0.25) is 0 Å². The fourth-order valence-electron chi connectivity index (χ4n) is 1.38. The summed E-state index contributed by atoms with van der Waals surface area (Å²) >= 11 is 9.63. The Morgan fingerprint density at radius 1 is 0.857 bits per heavy atom. The van der Waals surface area contributed by atoms with Crippen LogP contribution in [0.15, 0.2) is 53.0 Å². The van der Waals surface area contributed by atoms with Crippen molar-refractivity contribution in [2.45, 2.75) is 0 Å². The first-order valence-corrected chi connectivity index (χ1v) is 5.45. The van der Waals surface area contributed by atoms with Gasteiger partial charge in [0.25, 0.3) is 0 Å². The third-order valence-electron chi connectivity index (χ3n) is 2.03. The quantitative estimate of drug-likeness (QED) is 0.698. The van der Waals surface area contributed by atoms with Crippen LogP contribution in [0.4, 0.5) is 0 Å². The molecule has 0 atom stereocenters. The summed E-state index contributed by atoms with van der Waals surface area (Å²) in [6.45, 7) is 0. The molecular weight excluding hydrogens is 259 g/mol. The van der Waals surface area contributed by atoms with Gasteiger partial charge < -0.3 is 0 Å². The van der Waals surface area contributed by atoms with Crippen LogP contribution in [0.5, 0.6) is 0 Å². The molecule has 2 heteroatoms. The maximum Gasteiger partial charge on any atom is 0.0495 e. The van der Waals surface area contributed by atoms with Crippen molar-refractivity contribution in [2.24, 2.45) is 0 Å². The predicted molar refractivity (Wildman–Crippen MR) is 64.6 cm³/mol. The smallest absolute Gasteiger partial charge is 0.0495 e. The highest BCUT2D eigenvalue weighted by Crippen LogP contribution is 2.34. The second-order valence-corrected chi connectivity index (χ2v) is 4.22. The summed E-state index contributed by atoms with van der Waals surface area (Å²) in [5, 5.41) is 0.769. The normalized spacial score (nSPS) is 10.1. The van der Waals surface area contributed by atoms with Crippen LogP contribution in [0.2, 0.25) is 5.02 Å². The Hall–Kier alpha value is -0.790. The van der Waals surface area contributed by atoms with E-state index >= 15 is 0 Å². The minimum absolute atomic E-state index is 0.769. The summed E-state index contributed by atoms with van der Waals surface area (Å²) < 4.78 is 1.02. The number of halogens is 2. The molecule has 70 valence electrons. The molecule has 0 bridgehead atoms. The summed E-state index contributed by atoms with van der Waals surface area (Å²) in [5.41, 5.74) is 2.18. The maximum absolute atomic E-state index is 6.13. The van der Waals surface area contributed by atoms with Crippen molar-refractivity contribution in [2.75, 3.05) is 0 Å². The summed E-state index contributed by atoms with van der Waals surface area (Å²) in [6, 6.07) is 15.9. The number of hydrogen-bond donors (Lipinski definition) is 0. The highest BCUT2D eigenvalue weighted by molar-refractivity contribution is 9.10. The topological polar surface area (TPSA) is 0 Å². The van der Waals surface area contributed by atoms with Crippen LogP contribution >= 0.6 is 27.5 Å². The summed E-state index contributed by atoms with van der Waals surface area (Å²) in [4.78, 5) is 0. The Balaban J connectivity index is 2.63. The fourth-order valence-corrected chi connectivity index (χ4v) is 2.37. The molecule has 0 aliphatic heterocycles. The van der Waals surface area contributed by atoms with Gasteiger partial charge in [-0.1, -0.05) is 63.9 Å². The van der Waals surface area contributed by atoms with Gasteiger partial charge in [0, 0.05) is 15.1 Å². The SMILES string of the molecule is Clc1cccc(Br)c1-c1ccccc1. The van der Waals surface area contributed by atoms with Gasteiger partial charge in [-0.05, 0) is 17.7 Å². The van der Waals surface area contributed by atoms with E-state index in [1.54, 1.807) is 0 Å². The summed E-state index contributed by atoms with van der Waals surface area (Å²) in [5.74, 6) is 0. The van der Waals surface area contributed by atoms with Gasteiger partial charge >= 0.3 is 0 Å². The van der Waals surface area contributed by atoms with Crippen LogP contribution in [0, 0.1) is 0 Å². The fraction of sp³-hybridized carbons (Fsp3) is 0. The van der Waals surface area contributed by atoms with Crippen molar-refractivity contribution in [3.63, 3.8) is 0 Å². The molecule has 2 aromatic carbocycles. The molecule has 0 radical (unpaired) electrons. The number of hydrogen-bond acceptors (Lipinski definition) is 0. The molecule has 2 rings (SSSR count). The zero-order chi connectivity index (χ0) is 9.97. The standard InChI is InChI=1S/C12H8BrCl/c13-10-7-4-8-11(14)12(10)9-5-2-1-3-6-9/h1-8H. The van der Waals surface area contributed by atoms with E-state index in [0.717, 1.165) is 20.6 Å². The molecule has 0 nitrogen and oxygen atoms in total. The zero-order valence-electron chi connectivity index (χ0n) is 7.37. The first-order chi connectivity index (χ1) is 6.79. The minimum Gasteiger partial charge on any atom is -0.0836 e. The van der Waals surface area contributed by atoms with E-state index in [1.807, 2.05) is 48.5 Å². The van der Waals surface area contributed by atoms with Crippen molar-refractivity contribution >= 4 is 27.5 Å². The highest BCUT2D eigenvalue weighted by atomic mass is 79.9. The van der Waals surface area contributed by atoms with Crippen molar-refractivity contribution in [3.8, 4) is 11.1 Å². The molecule has 0 aliphatic carbocycles. The van der Waals surface area contributed by atoms with Crippen LogP contribution in [0.25, 0.3) is 11.1 Å². The molecule has 0 aromatic heterocycles. The molecule has 0 spiro atoms. The first kappa shape index (κ1) is 9.75. The molecule has 0 saturated carbocycles. The minimum atomic E-state index is 0.769. The lowest BCUT2D eigenvalue weighted by molar-refractivity contribution is 1.58. The molecule has 0 amide bonds. The molecule has 0 saturated heterocycles. The molecule has 0 unspecified atom stereocenters. The average molecular weight is 268 g/mol. The molecule has 0 N–H and O–H groups in total. The van der Waals surface area contributed by atoms with Gasteiger partial charge in [0.05, 0.1) is 0 Å². The molecule has 0 heterocycles. The second kappa shape index (κ2) is 4.16. The number of rotatable bonds is 1. The maximum atomic E-state index is 6.13. The predicted octanol–water partition coefficient (Wildman–Crippen LogP) is 4.77. The van der Waals surface area contributed by atoms with Crippen molar-refractivity contribution in [3.05, 3.63) is 58.0 Å². The van der Waals surface area contributed by atoms with E-state index < -0.39 is 0 Å². The molecular formula is C12H8BrCl. The van der Waals surface area contributed by atoms with E-state index in [0.29, 0.717) is 0 Å². The third kappa shape index (κ3) is 1.84. The molecule has 2 aromatic rings. The van der Waals surface area contributed by atoms with E-state index in [-0.39, 0.29) is 0 Å². The lowest BCUT2D eigenvalue weighted by Gasteiger charge is -2.06. The van der Waals surface area contributed by atoms with Gasteiger partial charge in [-0.25, -0.2) is 0 Å². The third-order valence-corrected chi connectivity index (χ3v) is 3.00. The Kier molecular flexibility index (Phi) is 2.90. The monoisotopic (exact) mass is 266 g/mol. The average Bonchev–Trinajstić information content (AvgIpc) is 2.19. The van der Waals surface area contributed by atoms with Crippen LogP contribution in [0.1, 0.15) is 0 Å². The van der Waals surface area contributed by atoms with Gasteiger partial charge in [0.15, 0.2) is 0 Å². The van der Waals surface area contributed by atoms with Gasteiger partial charge in [0.1, 0.15) is 0 Å². The Labute approximate surface area is 96.7 Å². The Morgan fingerprint density at radius 3 is 2.21 bits per heavy atom. The van der Waals surface area contributed by atoms with Crippen LogP contribution in [-0.4, -0.2) is 0 Å². The van der Waals surface area contributed by atoms with Gasteiger partial charge in [-0.2, -0.15) is 0 Å². The summed E-state index contributed by atoms with van der Waals surface area (Å²) in [6.07, 6.45) is 0. The van der Waals surface area contributed by atoms with E-state index in [4.69, 9.17) is 11.6 Å². The highest BCUT2D eigenvalue weighted by Gasteiger charge is 2.05. The second-order valence-electron chi connectivity index (χ2n) is 2.96. The zero-order valence-corrected chi connectivity index (χ0v) is 9.72. The van der Waals surface area contributed by atoms with Crippen molar-refractivity contribution < 1.29 is 0 Å². The first-order valence-electron chi connectivity index (χ1n) is 4.28. The van der Waals surface area contributed by atoms with Gasteiger partial charge in [-0.15, -0.1) is 0 Å². The number of benzene rings is 2. The van der Waals surface area contributed by atoms with Crippen molar-refractivity contribution in [1.82, 2.24) is 0 Å². The van der Waals surface area contributed by atoms with Crippen molar-refractivity contribution in [1.29, 1.82) is 0 Å². The van der Waals surface area contributed by atoms with Crippen LogP contribution in [-0.2, 0) is 0 Å². The Bertz CT molecular complexity index is 417. The lowest BCUT2D eigenvalue weighted by atomic mass is 10.1. The molecule has 0 fully saturated rings. The van der Waals surface area contributed by atoms with Crippen LogP contribution in [0.3, 0.4) is 0 Å². The van der Waals surface area contributed by atoms with Crippen LogP contribution < -0.4 is 0 Å². The molecule has 14 heavy (non-hydrogen) atoms. The molecule has 0 aliphatic rings. The van der Waals surface area contributed by atoms with E-state index in [1.165, 1.54) is 0 Å². The van der Waals surface area contributed by atoms with E-state index in [9.17, 15) is 0 Å². The summed E-state index contributed by atoms with van der Waals surface area (Å²) in [7, 11) is 0. The Morgan fingerprint density at radius 2 is 1.57 bits per heavy atom. The lowest BCUT2D eigenvalue weighted by Crippen LogP contribution is -1.80. The largest absolute Gasteiger partial charge is 0.0836 e. The van der Waals surface area contributed by atoms with E-state index in [2.05, 4.69) is 15.9 Å².